The van der Waals surface area contributed by atoms with Crippen LogP contribution in [0.3, 0.4) is 0 Å². The third kappa shape index (κ3) is 2.82. The van der Waals surface area contributed by atoms with Crippen molar-refractivity contribution >= 4 is 5.69 Å². The van der Waals surface area contributed by atoms with Crippen LogP contribution in [-0.2, 0) is 4.74 Å². The van der Waals surface area contributed by atoms with E-state index in [2.05, 4.69) is 0 Å². The fourth-order valence-electron chi connectivity index (χ4n) is 1.74. The molecule has 1 aliphatic rings. The number of ether oxygens (including phenoxy) is 2. The molecule has 1 saturated heterocycles. The van der Waals surface area contributed by atoms with E-state index in [4.69, 9.17) is 14.6 Å². The zero-order chi connectivity index (χ0) is 14.0. The second-order valence-electron chi connectivity index (χ2n) is 4.08. The highest BCUT2D eigenvalue weighted by molar-refractivity contribution is 5.36. The first-order valence-corrected chi connectivity index (χ1v) is 5.56. The van der Waals surface area contributed by atoms with Gasteiger partial charge in [0, 0.05) is 12.1 Å². The molecule has 0 radical (unpaired) electrons. The Hall–Kier alpha value is -1.74. The summed E-state index contributed by atoms with van der Waals surface area (Å²) in [5.74, 6) is 0.250. The number of aliphatic hydroxyl groups excluding tert-OH is 3. The van der Waals surface area contributed by atoms with Gasteiger partial charge in [-0.1, -0.05) is 0 Å². The van der Waals surface area contributed by atoms with Gasteiger partial charge in [0.25, 0.3) is 5.69 Å². The van der Waals surface area contributed by atoms with Crippen LogP contribution in [0.25, 0.3) is 0 Å². The van der Waals surface area contributed by atoms with Crippen molar-refractivity contribution in [2.24, 2.45) is 0 Å². The number of nitro groups is 1. The Morgan fingerprint density at radius 1 is 1.26 bits per heavy atom. The molecule has 0 aliphatic carbocycles. The van der Waals surface area contributed by atoms with Gasteiger partial charge in [0.1, 0.15) is 24.1 Å². The van der Waals surface area contributed by atoms with Crippen LogP contribution in [0.5, 0.6) is 5.75 Å². The van der Waals surface area contributed by atoms with Crippen LogP contribution in [0.2, 0.25) is 0 Å². The quantitative estimate of drug-likeness (QED) is 0.494. The van der Waals surface area contributed by atoms with Crippen molar-refractivity contribution in [3.05, 3.63) is 34.4 Å². The van der Waals surface area contributed by atoms with E-state index < -0.39 is 36.1 Å². The predicted octanol–water partition coefficient (Wildman–Crippen LogP) is -0.587. The molecule has 8 nitrogen and oxygen atoms in total. The van der Waals surface area contributed by atoms with Gasteiger partial charge >= 0.3 is 0 Å². The molecular formula is C11H13NO7. The zero-order valence-corrected chi connectivity index (χ0v) is 9.75. The maximum Gasteiger partial charge on any atom is 0.269 e. The molecule has 104 valence electrons. The topological polar surface area (TPSA) is 122 Å². The minimum absolute atomic E-state index is 0.0893. The Kier molecular flexibility index (Phi) is 3.96. The average Bonchev–Trinajstić information content (AvgIpc) is 2.67. The molecular weight excluding hydrogens is 258 g/mol. The molecule has 0 spiro atoms. The molecule has 4 atom stereocenters. The van der Waals surface area contributed by atoms with Gasteiger partial charge in [0.15, 0.2) is 0 Å². The zero-order valence-electron chi connectivity index (χ0n) is 9.75. The fourth-order valence-corrected chi connectivity index (χ4v) is 1.74. The summed E-state index contributed by atoms with van der Waals surface area (Å²) < 4.78 is 10.4. The summed E-state index contributed by atoms with van der Waals surface area (Å²) in [4.78, 5) is 9.93. The van der Waals surface area contributed by atoms with E-state index in [1.165, 1.54) is 24.3 Å². The van der Waals surface area contributed by atoms with E-state index in [-0.39, 0.29) is 11.4 Å². The molecule has 0 saturated carbocycles. The number of nitrogens with zero attached hydrogens (tertiary/aromatic N) is 1. The van der Waals surface area contributed by atoms with Crippen molar-refractivity contribution in [2.75, 3.05) is 6.61 Å². The summed E-state index contributed by atoms with van der Waals surface area (Å²) in [6.45, 7) is -0.446. The maximum absolute atomic E-state index is 10.5. The number of rotatable bonds is 4. The first kappa shape index (κ1) is 13.7. The van der Waals surface area contributed by atoms with Crippen LogP contribution in [0.4, 0.5) is 5.69 Å². The van der Waals surface area contributed by atoms with Gasteiger partial charge in [-0.25, -0.2) is 0 Å². The van der Waals surface area contributed by atoms with Crippen LogP contribution < -0.4 is 4.74 Å². The van der Waals surface area contributed by atoms with Gasteiger partial charge in [0.05, 0.1) is 11.5 Å². The molecule has 19 heavy (non-hydrogen) atoms. The van der Waals surface area contributed by atoms with E-state index in [1.54, 1.807) is 0 Å². The number of benzene rings is 1. The molecule has 3 N–H and O–H groups in total. The lowest BCUT2D eigenvalue weighted by Gasteiger charge is -2.16. The van der Waals surface area contributed by atoms with E-state index >= 15 is 0 Å². The normalized spacial score (nSPS) is 30.3. The molecule has 1 fully saturated rings. The second-order valence-corrected chi connectivity index (χ2v) is 4.08. The molecule has 0 bridgehead atoms. The summed E-state index contributed by atoms with van der Waals surface area (Å²) in [5, 5.41) is 38.5. The minimum atomic E-state index is -1.30. The Labute approximate surface area is 108 Å². The molecule has 1 heterocycles. The van der Waals surface area contributed by atoms with E-state index in [1.807, 2.05) is 0 Å². The monoisotopic (exact) mass is 271 g/mol. The molecule has 0 aromatic heterocycles. The number of nitro benzene ring substituents is 1. The molecule has 1 aromatic carbocycles. The van der Waals surface area contributed by atoms with Crippen LogP contribution in [0.15, 0.2) is 24.3 Å². The highest BCUT2D eigenvalue weighted by Gasteiger charge is 2.43. The smallest absolute Gasteiger partial charge is 0.269 e. The number of aliphatic hydroxyl groups is 3. The molecule has 1 aliphatic heterocycles. The lowest BCUT2D eigenvalue weighted by Crippen LogP contribution is -2.35. The predicted molar refractivity (Wildman–Crippen MR) is 61.5 cm³/mol. The third-order valence-electron chi connectivity index (χ3n) is 2.80. The van der Waals surface area contributed by atoms with Crippen LogP contribution in [-0.4, -0.2) is 51.5 Å². The molecule has 0 amide bonds. The minimum Gasteiger partial charge on any atom is -0.462 e. The van der Waals surface area contributed by atoms with Crippen molar-refractivity contribution in [2.45, 2.75) is 24.6 Å². The van der Waals surface area contributed by atoms with Crippen molar-refractivity contribution < 1.29 is 29.7 Å². The van der Waals surface area contributed by atoms with Crippen LogP contribution in [0.1, 0.15) is 0 Å². The lowest BCUT2D eigenvalue weighted by molar-refractivity contribution is -0.384. The Morgan fingerprint density at radius 3 is 2.37 bits per heavy atom. The van der Waals surface area contributed by atoms with Gasteiger partial charge in [0.2, 0.25) is 6.29 Å². The summed E-state index contributed by atoms with van der Waals surface area (Å²) in [6.07, 6.45) is -4.59. The Balaban J connectivity index is 2.03. The van der Waals surface area contributed by atoms with Crippen LogP contribution >= 0.6 is 0 Å². The lowest BCUT2D eigenvalue weighted by atomic mass is 10.1. The summed E-state index contributed by atoms with van der Waals surface area (Å²) in [5.41, 5.74) is -0.0893. The van der Waals surface area contributed by atoms with Gasteiger partial charge in [-0.15, -0.1) is 0 Å². The van der Waals surface area contributed by atoms with Crippen molar-refractivity contribution in [3.63, 3.8) is 0 Å². The average molecular weight is 271 g/mol. The van der Waals surface area contributed by atoms with E-state index in [0.29, 0.717) is 0 Å². The van der Waals surface area contributed by atoms with Crippen molar-refractivity contribution in [1.82, 2.24) is 0 Å². The highest BCUT2D eigenvalue weighted by atomic mass is 16.7. The number of non-ortho nitro benzene ring substituents is 1. The number of hydrogen-bond donors (Lipinski definition) is 3. The van der Waals surface area contributed by atoms with Gasteiger partial charge in [-0.2, -0.15) is 0 Å². The first-order chi connectivity index (χ1) is 9.02. The summed E-state index contributed by atoms with van der Waals surface area (Å²) >= 11 is 0. The van der Waals surface area contributed by atoms with Gasteiger partial charge < -0.3 is 24.8 Å². The molecule has 1 aromatic rings. The molecule has 1 unspecified atom stereocenters. The third-order valence-corrected chi connectivity index (χ3v) is 2.80. The van der Waals surface area contributed by atoms with Crippen molar-refractivity contribution in [1.29, 1.82) is 0 Å². The SMILES string of the molecule is O=[N+]([O-])c1ccc(OC2O[C@H](CO)[C@@H](O)[C@H]2O)cc1. The first-order valence-electron chi connectivity index (χ1n) is 5.56. The Morgan fingerprint density at radius 2 is 1.89 bits per heavy atom. The fraction of sp³-hybridized carbons (Fsp3) is 0.455. The van der Waals surface area contributed by atoms with Crippen molar-refractivity contribution in [3.8, 4) is 5.75 Å². The highest BCUT2D eigenvalue weighted by Crippen LogP contribution is 2.25. The van der Waals surface area contributed by atoms with E-state index in [9.17, 15) is 20.3 Å². The standard InChI is InChI=1S/C11H13NO7/c13-5-8-9(14)10(15)11(19-8)18-7-3-1-6(2-4-7)12(16)17/h1-4,8-11,13-15H,5H2/t8-,9-,10-,11?/m1/s1. The largest absolute Gasteiger partial charge is 0.462 e. The molecule has 2 rings (SSSR count). The van der Waals surface area contributed by atoms with Crippen LogP contribution in [0, 0.1) is 10.1 Å². The summed E-state index contributed by atoms with van der Waals surface area (Å²) in [7, 11) is 0. The van der Waals surface area contributed by atoms with Gasteiger partial charge in [-0.3, -0.25) is 10.1 Å². The summed E-state index contributed by atoms with van der Waals surface area (Å²) in [6, 6.07) is 5.20. The number of hydrogen-bond acceptors (Lipinski definition) is 7. The maximum atomic E-state index is 10.5. The Bertz CT molecular complexity index is 449. The van der Waals surface area contributed by atoms with Gasteiger partial charge in [-0.05, 0) is 12.1 Å². The van der Waals surface area contributed by atoms with E-state index in [0.717, 1.165) is 0 Å². The molecule has 8 heteroatoms. The second kappa shape index (κ2) is 5.49.